The zero-order valence-electron chi connectivity index (χ0n) is 17.4. The van der Waals surface area contributed by atoms with E-state index >= 15 is 0 Å². The van der Waals surface area contributed by atoms with E-state index in [1.165, 1.54) is 28.8 Å². The van der Waals surface area contributed by atoms with Gasteiger partial charge < -0.3 is 4.90 Å². The molecule has 1 fully saturated rings. The Labute approximate surface area is 191 Å². The number of nitrogens with zero attached hydrogens (tertiary/aromatic N) is 2. The number of thiazole rings is 1. The molecule has 0 saturated carbocycles. The van der Waals surface area contributed by atoms with Crippen LogP contribution in [0.4, 0.5) is 9.52 Å². The van der Waals surface area contributed by atoms with Gasteiger partial charge in [0.05, 0.1) is 20.9 Å². The second kappa shape index (κ2) is 8.88. The molecule has 4 rings (SSSR count). The van der Waals surface area contributed by atoms with Crippen LogP contribution < -0.4 is 4.90 Å². The first kappa shape index (κ1) is 22.2. The second-order valence-corrected chi connectivity index (χ2v) is 11.4. The van der Waals surface area contributed by atoms with Crippen LogP contribution >= 0.6 is 22.9 Å². The summed E-state index contributed by atoms with van der Waals surface area (Å²) < 4.78 is 39.3. The van der Waals surface area contributed by atoms with Gasteiger partial charge in [-0.25, -0.2) is 17.8 Å². The summed E-state index contributed by atoms with van der Waals surface area (Å²) in [7, 11) is -3.55. The van der Waals surface area contributed by atoms with Gasteiger partial charge in [0.15, 0.2) is 15.0 Å². The zero-order chi connectivity index (χ0) is 22.2. The lowest BCUT2D eigenvalue weighted by Gasteiger charge is -2.31. The van der Waals surface area contributed by atoms with Crippen LogP contribution in [0.5, 0.6) is 0 Å². The van der Waals surface area contributed by atoms with Crippen LogP contribution in [0, 0.1) is 19.7 Å². The van der Waals surface area contributed by atoms with Gasteiger partial charge in [-0.3, -0.25) is 0 Å². The first-order valence-corrected chi connectivity index (χ1v) is 13.0. The Hall–Kier alpha value is -1.96. The number of aromatic nitrogens is 1. The minimum Gasteiger partial charge on any atom is -0.348 e. The normalized spacial score (nSPS) is 15.4. The van der Waals surface area contributed by atoms with Crippen molar-refractivity contribution >= 4 is 37.9 Å². The van der Waals surface area contributed by atoms with Gasteiger partial charge in [-0.1, -0.05) is 29.8 Å². The molecule has 2 heterocycles. The molecule has 0 atom stereocenters. The van der Waals surface area contributed by atoms with Gasteiger partial charge in [-0.05, 0) is 61.6 Å². The molecule has 0 N–H and O–H groups in total. The molecule has 1 aliphatic rings. The van der Waals surface area contributed by atoms with Crippen molar-refractivity contribution in [1.29, 1.82) is 0 Å². The highest BCUT2D eigenvalue weighted by Gasteiger charge is 2.32. The third-order valence-corrected chi connectivity index (χ3v) is 9.50. The molecule has 2 aromatic carbocycles. The first-order chi connectivity index (χ1) is 14.8. The van der Waals surface area contributed by atoms with Crippen molar-refractivity contribution in [3.05, 3.63) is 75.0 Å². The van der Waals surface area contributed by atoms with Gasteiger partial charge in [-0.15, -0.1) is 11.3 Å². The molecular formula is C23H24ClFN2O2S2. The topological polar surface area (TPSA) is 50.3 Å². The number of benzene rings is 2. The van der Waals surface area contributed by atoms with Crippen molar-refractivity contribution in [2.75, 3.05) is 18.0 Å². The summed E-state index contributed by atoms with van der Waals surface area (Å²) in [6.45, 7) is 5.49. The fourth-order valence-corrected chi connectivity index (χ4v) is 6.81. The maximum Gasteiger partial charge on any atom is 0.185 e. The standard InChI is InChI=1S/C23H24ClFN2O2S2/c1-15-4-3-5-17(16(15)2)12-18-14-30-23(26-18)27-10-8-19(9-11-27)31(28,29)20-6-7-22(25)21(24)13-20/h3-7,13-14,19H,8-12H2,1-2H3. The Morgan fingerprint density at radius 1 is 1.19 bits per heavy atom. The number of piperidine rings is 1. The highest BCUT2D eigenvalue weighted by atomic mass is 35.5. The van der Waals surface area contributed by atoms with Gasteiger partial charge in [-0.2, -0.15) is 0 Å². The third kappa shape index (κ3) is 4.64. The lowest BCUT2D eigenvalue weighted by atomic mass is 10.0. The average molecular weight is 479 g/mol. The molecule has 3 aromatic rings. The van der Waals surface area contributed by atoms with Crippen LogP contribution in [0.25, 0.3) is 0 Å². The maximum atomic E-state index is 13.4. The minimum absolute atomic E-state index is 0.0856. The molecule has 1 aromatic heterocycles. The maximum absolute atomic E-state index is 13.4. The second-order valence-electron chi connectivity index (χ2n) is 7.96. The van der Waals surface area contributed by atoms with E-state index in [1.807, 2.05) is 0 Å². The van der Waals surface area contributed by atoms with Crippen molar-refractivity contribution in [3.63, 3.8) is 0 Å². The summed E-state index contributed by atoms with van der Waals surface area (Å²) in [5.74, 6) is -0.615. The lowest BCUT2D eigenvalue weighted by molar-refractivity contribution is 0.529. The molecule has 8 heteroatoms. The Morgan fingerprint density at radius 3 is 2.65 bits per heavy atom. The predicted molar refractivity (Wildman–Crippen MR) is 125 cm³/mol. The van der Waals surface area contributed by atoms with Crippen molar-refractivity contribution in [2.45, 2.75) is 43.3 Å². The highest BCUT2D eigenvalue weighted by molar-refractivity contribution is 7.92. The Morgan fingerprint density at radius 2 is 1.94 bits per heavy atom. The summed E-state index contributed by atoms with van der Waals surface area (Å²) in [5.41, 5.74) is 4.88. The van der Waals surface area contributed by atoms with E-state index in [-0.39, 0.29) is 9.92 Å². The highest BCUT2D eigenvalue weighted by Crippen LogP contribution is 2.31. The van der Waals surface area contributed by atoms with Gasteiger partial charge in [0.1, 0.15) is 5.82 Å². The summed E-state index contributed by atoms with van der Waals surface area (Å²) in [5, 5.41) is 2.35. The van der Waals surface area contributed by atoms with Gasteiger partial charge >= 0.3 is 0 Å². The Balaban J connectivity index is 1.42. The van der Waals surface area contributed by atoms with Crippen molar-refractivity contribution in [1.82, 2.24) is 4.98 Å². The fourth-order valence-electron chi connectivity index (χ4n) is 3.92. The van der Waals surface area contributed by atoms with E-state index in [4.69, 9.17) is 16.6 Å². The number of halogens is 2. The lowest BCUT2D eigenvalue weighted by Crippen LogP contribution is -2.39. The van der Waals surface area contributed by atoms with Crippen LogP contribution in [0.15, 0.2) is 46.7 Å². The quantitative estimate of drug-likeness (QED) is 0.449. The van der Waals surface area contributed by atoms with Crippen LogP contribution in [-0.2, 0) is 16.3 Å². The summed E-state index contributed by atoms with van der Waals surface area (Å²) in [6, 6.07) is 9.94. The van der Waals surface area contributed by atoms with Gasteiger partial charge in [0.2, 0.25) is 0 Å². The smallest absolute Gasteiger partial charge is 0.185 e. The molecule has 0 spiro atoms. The van der Waals surface area contributed by atoms with Crippen LogP contribution in [0.3, 0.4) is 0 Å². The van der Waals surface area contributed by atoms with E-state index in [0.29, 0.717) is 25.9 Å². The summed E-state index contributed by atoms with van der Waals surface area (Å²) in [6.07, 6.45) is 1.80. The summed E-state index contributed by atoms with van der Waals surface area (Å²) >= 11 is 7.39. The number of anilines is 1. The Bertz CT molecular complexity index is 1200. The van der Waals surface area contributed by atoms with Crippen molar-refractivity contribution in [3.8, 4) is 0 Å². The molecule has 31 heavy (non-hydrogen) atoms. The molecule has 4 nitrogen and oxygen atoms in total. The number of sulfone groups is 1. The first-order valence-electron chi connectivity index (χ1n) is 10.2. The molecule has 0 bridgehead atoms. The molecule has 1 saturated heterocycles. The number of hydrogen-bond acceptors (Lipinski definition) is 5. The van der Waals surface area contributed by atoms with Crippen LogP contribution in [-0.4, -0.2) is 31.7 Å². The molecule has 0 amide bonds. The van der Waals surface area contributed by atoms with E-state index in [1.54, 1.807) is 11.3 Å². The van der Waals surface area contributed by atoms with Gasteiger partial charge in [0.25, 0.3) is 0 Å². The number of rotatable bonds is 5. The SMILES string of the molecule is Cc1cccc(Cc2csc(N3CCC(S(=O)(=O)c4ccc(F)c(Cl)c4)CC3)n2)c1C. The average Bonchev–Trinajstić information content (AvgIpc) is 3.22. The minimum atomic E-state index is -3.55. The van der Waals surface area contributed by atoms with Crippen LogP contribution in [0.2, 0.25) is 5.02 Å². The van der Waals surface area contributed by atoms with E-state index in [2.05, 4.69) is 42.3 Å². The zero-order valence-corrected chi connectivity index (χ0v) is 19.8. The largest absolute Gasteiger partial charge is 0.348 e. The summed E-state index contributed by atoms with van der Waals surface area (Å²) in [4.78, 5) is 7.04. The molecule has 1 aliphatic heterocycles. The monoisotopic (exact) mass is 478 g/mol. The molecule has 0 radical (unpaired) electrons. The Kier molecular flexibility index (Phi) is 6.37. The fraction of sp³-hybridized carbons (Fsp3) is 0.348. The molecule has 164 valence electrons. The van der Waals surface area contributed by atoms with Crippen LogP contribution in [0.1, 0.15) is 35.2 Å². The number of hydrogen-bond donors (Lipinski definition) is 0. The molecular weight excluding hydrogens is 455 g/mol. The molecule has 0 aliphatic carbocycles. The number of aryl methyl sites for hydroxylation is 1. The van der Waals surface area contributed by atoms with Crippen molar-refractivity contribution in [2.24, 2.45) is 0 Å². The third-order valence-electron chi connectivity index (χ3n) is 6.00. The van der Waals surface area contributed by atoms with Gasteiger partial charge in [0, 0.05) is 24.9 Å². The van der Waals surface area contributed by atoms with E-state index < -0.39 is 20.9 Å². The predicted octanol–water partition coefficient (Wildman–Crippen LogP) is 5.59. The molecule has 0 unspecified atom stereocenters. The van der Waals surface area contributed by atoms with E-state index in [0.717, 1.165) is 23.3 Å². The van der Waals surface area contributed by atoms with Crippen molar-refractivity contribution < 1.29 is 12.8 Å². The van der Waals surface area contributed by atoms with E-state index in [9.17, 15) is 12.8 Å².